The lowest BCUT2D eigenvalue weighted by molar-refractivity contribution is 0.0697. The molecule has 4 nitrogen and oxygen atoms in total. The van der Waals surface area contributed by atoms with E-state index in [9.17, 15) is 4.79 Å². The summed E-state index contributed by atoms with van der Waals surface area (Å²) < 4.78 is 0. The molecule has 1 aromatic heterocycles. The smallest absolute Gasteiger partial charge is 0.339 e. The van der Waals surface area contributed by atoms with Gasteiger partial charge in [0.25, 0.3) is 0 Å². The van der Waals surface area contributed by atoms with Crippen molar-refractivity contribution < 1.29 is 9.90 Å². The van der Waals surface area contributed by atoms with Gasteiger partial charge in [-0.25, -0.2) is 9.78 Å². The van der Waals surface area contributed by atoms with Crippen LogP contribution in [0.1, 0.15) is 30.1 Å². The summed E-state index contributed by atoms with van der Waals surface area (Å²) in [7, 11) is 0. The van der Waals surface area contributed by atoms with E-state index in [-0.39, 0.29) is 5.56 Å². The zero-order chi connectivity index (χ0) is 11.7. The van der Waals surface area contributed by atoms with Gasteiger partial charge in [0.15, 0.2) is 0 Å². The standard InChI is InChI=1S/C11H13ClN2O2/c1-6-4-7(5-6)13-10-8(11(15)16)2-3-9(12)14-10/h2-3,6-7H,4-5H2,1H3,(H,13,14)(H,15,16). The number of aromatic carboxylic acids is 1. The first-order valence-electron chi connectivity index (χ1n) is 5.22. The van der Waals surface area contributed by atoms with Crippen LogP contribution in [0.3, 0.4) is 0 Å². The minimum Gasteiger partial charge on any atom is -0.478 e. The van der Waals surface area contributed by atoms with Crippen molar-refractivity contribution in [3.05, 3.63) is 22.8 Å². The van der Waals surface area contributed by atoms with E-state index in [0.717, 1.165) is 12.8 Å². The van der Waals surface area contributed by atoms with E-state index in [1.54, 1.807) is 0 Å². The molecule has 5 heteroatoms. The number of carbonyl (C=O) groups is 1. The third kappa shape index (κ3) is 2.27. The van der Waals surface area contributed by atoms with E-state index in [4.69, 9.17) is 16.7 Å². The van der Waals surface area contributed by atoms with Gasteiger partial charge < -0.3 is 10.4 Å². The highest BCUT2D eigenvalue weighted by atomic mass is 35.5. The quantitative estimate of drug-likeness (QED) is 0.798. The SMILES string of the molecule is CC1CC(Nc2nc(Cl)ccc2C(=O)O)C1. The number of hydrogen-bond donors (Lipinski definition) is 2. The minimum atomic E-state index is -0.987. The first kappa shape index (κ1) is 11.2. The van der Waals surface area contributed by atoms with E-state index in [0.29, 0.717) is 22.9 Å². The highest BCUT2D eigenvalue weighted by Gasteiger charge is 2.26. The molecule has 1 fully saturated rings. The average Bonchev–Trinajstić information content (AvgIpc) is 2.15. The normalized spacial score (nSPS) is 23.6. The molecule has 0 radical (unpaired) electrons. The maximum Gasteiger partial charge on any atom is 0.339 e. The number of nitrogens with one attached hydrogen (secondary N) is 1. The van der Waals surface area contributed by atoms with Crippen LogP contribution in [0.15, 0.2) is 12.1 Å². The second-order valence-electron chi connectivity index (χ2n) is 4.25. The zero-order valence-corrected chi connectivity index (χ0v) is 9.66. The van der Waals surface area contributed by atoms with Crippen LogP contribution in [0, 0.1) is 5.92 Å². The topological polar surface area (TPSA) is 62.2 Å². The predicted octanol–water partition coefficient (Wildman–Crippen LogP) is 2.64. The number of hydrogen-bond acceptors (Lipinski definition) is 3. The van der Waals surface area contributed by atoms with E-state index in [1.165, 1.54) is 12.1 Å². The Morgan fingerprint density at radius 1 is 1.56 bits per heavy atom. The number of rotatable bonds is 3. The average molecular weight is 241 g/mol. The van der Waals surface area contributed by atoms with Crippen molar-refractivity contribution in [2.75, 3.05) is 5.32 Å². The Labute approximate surface area is 98.6 Å². The molecule has 1 aromatic rings. The monoisotopic (exact) mass is 240 g/mol. The number of anilines is 1. The van der Waals surface area contributed by atoms with E-state index < -0.39 is 5.97 Å². The molecule has 1 aliphatic rings. The number of nitrogens with zero attached hydrogens (tertiary/aromatic N) is 1. The molecule has 2 N–H and O–H groups in total. The molecule has 1 aliphatic carbocycles. The fourth-order valence-electron chi connectivity index (χ4n) is 1.93. The molecule has 0 aliphatic heterocycles. The Balaban J connectivity index is 2.17. The van der Waals surface area contributed by atoms with Crippen LogP contribution in [0.4, 0.5) is 5.82 Å². The summed E-state index contributed by atoms with van der Waals surface area (Å²) in [4.78, 5) is 15.0. The zero-order valence-electron chi connectivity index (χ0n) is 8.90. The number of pyridine rings is 1. The van der Waals surface area contributed by atoms with Crippen LogP contribution in [-0.4, -0.2) is 22.1 Å². The molecule has 0 spiro atoms. The summed E-state index contributed by atoms with van der Waals surface area (Å²) in [6.07, 6.45) is 2.10. The summed E-state index contributed by atoms with van der Waals surface area (Å²) in [6.45, 7) is 2.17. The third-order valence-corrected chi connectivity index (χ3v) is 3.02. The molecule has 0 atom stereocenters. The first-order valence-corrected chi connectivity index (χ1v) is 5.60. The highest BCUT2D eigenvalue weighted by molar-refractivity contribution is 6.29. The van der Waals surface area contributed by atoms with E-state index in [1.807, 2.05) is 0 Å². The Bertz CT molecular complexity index is 416. The lowest BCUT2D eigenvalue weighted by Gasteiger charge is -2.33. The van der Waals surface area contributed by atoms with Crippen molar-refractivity contribution in [3.8, 4) is 0 Å². The van der Waals surface area contributed by atoms with Gasteiger partial charge in [-0.15, -0.1) is 0 Å². The Morgan fingerprint density at radius 2 is 2.25 bits per heavy atom. The van der Waals surface area contributed by atoms with Gasteiger partial charge in [0.2, 0.25) is 0 Å². The lowest BCUT2D eigenvalue weighted by atomic mass is 9.82. The van der Waals surface area contributed by atoms with Crippen LogP contribution in [-0.2, 0) is 0 Å². The number of carboxylic acid groups (broad SMARTS) is 1. The van der Waals surface area contributed by atoms with Crippen LogP contribution >= 0.6 is 11.6 Å². The summed E-state index contributed by atoms with van der Waals surface area (Å²) in [5, 5.41) is 12.4. The van der Waals surface area contributed by atoms with Crippen molar-refractivity contribution in [3.63, 3.8) is 0 Å². The summed E-state index contributed by atoms with van der Waals surface area (Å²) in [5.74, 6) is 0.0842. The molecule has 0 unspecified atom stereocenters. The largest absolute Gasteiger partial charge is 0.478 e. The molecule has 0 aromatic carbocycles. The van der Waals surface area contributed by atoms with Gasteiger partial charge >= 0.3 is 5.97 Å². The van der Waals surface area contributed by atoms with Crippen LogP contribution in [0.5, 0.6) is 0 Å². The maximum atomic E-state index is 11.0. The summed E-state index contributed by atoms with van der Waals surface area (Å²) in [5.41, 5.74) is 0.170. The predicted molar refractivity (Wildman–Crippen MR) is 62.0 cm³/mol. The second kappa shape index (κ2) is 4.29. The van der Waals surface area contributed by atoms with Crippen molar-refractivity contribution in [2.24, 2.45) is 5.92 Å². The molecular weight excluding hydrogens is 228 g/mol. The van der Waals surface area contributed by atoms with Crippen LogP contribution in [0.25, 0.3) is 0 Å². The first-order chi connectivity index (χ1) is 7.56. The molecule has 1 saturated carbocycles. The van der Waals surface area contributed by atoms with Gasteiger partial charge in [-0.1, -0.05) is 18.5 Å². The van der Waals surface area contributed by atoms with Gasteiger partial charge in [0, 0.05) is 6.04 Å². The van der Waals surface area contributed by atoms with Crippen molar-refractivity contribution in [1.82, 2.24) is 4.98 Å². The molecule has 0 bridgehead atoms. The van der Waals surface area contributed by atoms with Gasteiger partial charge in [0.05, 0.1) is 0 Å². The van der Waals surface area contributed by atoms with Gasteiger partial charge in [-0.05, 0) is 30.9 Å². The summed E-state index contributed by atoms with van der Waals surface area (Å²) >= 11 is 5.75. The number of aromatic nitrogens is 1. The molecule has 86 valence electrons. The van der Waals surface area contributed by atoms with E-state index in [2.05, 4.69) is 17.2 Å². The minimum absolute atomic E-state index is 0.170. The van der Waals surface area contributed by atoms with Crippen molar-refractivity contribution in [2.45, 2.75) is 25.8 Å². The third-order valence-electron chi connectivity index (χ3n) is 2.81. The molecule has 2 rings (SSSR count). The second-order valence-corrected chi connectivity index (χ2v) is 4.64. The fourth-order valence-corrected chi connectivity index (χ4v) is 2.08. The van der Waals surface area contributed by atoms with Crippen molar-refractivity contribution in [1.29, 1.82) is 0 Å². The number of halogens is 1. The lowest BCUT2D eigenvalue weighted by Crippen LogP contribution is -2.34. The summed E-state index contributed by atoms with van der Waals surface area (Å²) in [6, 6.07) is 3.28. The molecular formula is C11H13ClN2O2. The highest BCUT2D eigenvalue weighted by Crippen LogP contribution is 2.30. The molecule has 0 amide bonds. The fraction of sp³-hybridized carbons (Fsp3) is 0.455. The van der Waals surface area contributed by atoms with Gasteiger partial charge in [0.1, 0.15) is 16.5 Å². The van der Waals surface area contributed by atoms with Gasteiger partial charge in [-0.3, -0.25) is 0 Å². The Kier molecular flexibility index (Phi) is 3.01. The van der Waals surface area contributed by atoms with Crippen LogP contribution in [0.2, 0.25) is 5.15 Å². The maximum absolute atomic E-state index is 11.0. The number of carboxylic acids is 1. The van der Waals surface area contributed by atoms with E-state index >= 15 is 0 Å². The van der Waals surface area contributed by atoms with Crippen LogP contribution < -0.4 is 5.32 Å². The molecule has 0 saturated heterocycles. The molecule has 16 heavy (non-hydrogen) atoms. The molecule has 1 heterocycles. The Morgan fingerprint density at radius 3 is 2.81 bits per heavy atom. The van der Waals surface area contributed by atoms with Crippen molar-refractivity contribution >= 4 is 23.4 Å². The Hall–Kier alpha value is -1.29. The van der Waals surface area contributed by atoms with Gasteiger partial charge in [-0.2, -0.15) is 0 Å².